The number of H-pyrrole nitrogens is 1. The highest BCUT2D eigenvalue weighted by molar-refractivity contribution is 6.02. The van der Waals surface area contributed by atoms with Crippen molar-refractivity contribution >= 4 is 28.7 Å². The van der Waals surface area contributed by atoms with E-state index in [1.54, 1.807) is 18.2 Å². The normalized spacial score (nSPS) is 10.3. The van der Waals surface area contributed by atoms with Crippen LogP contribution in [-0.2, 0) is 14.3 Å². The Labute approximate surface area is 132 Å². The molecule has 0 saturated heterocycles. The first kappa shape index (κ1) is 16.5. The van der Waals surface area contributed by atoms with E-state index in [0.717, 1.165) is 6.42 Å². The number of esters is 1. The molecule has 0 radical (unpaired) electrons. The van der Waals surface area contributed by atoms with E-state index in [1.165, 1.54) is 0 Å². The van der Waals surface area contributed by atoms with E-state index in [2.05, 4.69) is 20.8 Å². The van der Waals surface area contributed by atoms with Crippen molar-refractivity contribution < 1.29 is 19.1 Å². The van der Waals surface area contributed by atoms with Crippen LogP contribution >= 0.6 is 0 Å². The summed E-state index contributed by atoms with van der Waals surface area (Å²) in [4.78, 5) is 34.8. The van der Waals surface area contributed by atoms with Gasteiger partial charge in [-0.3, -0.25) is 14.7 Å². The number of fused-ring (bicyclic) bond motifs is 1. The van der Waals surface area contributed by atoms with E-state index in [-0.39, 0.29) is 18.1 Å². The number of aromatic amines is 1. The molecule has 122 valence electrons. The Kier molecular flexibility index (Phi) is 5.67. The van der Waals surface area contributed by atoms with Crippen LogP contribution in [0.5, 0.6) is 0 Å². The van der Waals surface area contributed by atoms with Crippen LogP contribution in [0, 0.1) is 0 Å². The molecule has 0 aliphatic carbocycles. The molecule has 0 aliphatic rings. The Morgan fingerprint density at radius 2 is 1.96 bits per heavy atom. The van der Waals surface area contributed by atoms with Crippen molar-refractivity contribution in [2.45, 2.75) is 13.3 Å². The van der Waals surface area contributed by atoms with Gasteiger partial charge in [0.2, 0.25) is 5.91 Å². The molecule has 1 heterocycles. The second-order valence-corrected chi connectivity index (χ2v) is 4.82. The van der Waals surface area contributed by atoms with Crippen LogP contribution in [-0.4, -0.2) is 47.7 Å². The number of carbonyl (C=O) groups is 3. The molecule has 0 unspecified atom stereocenters. The lowest BCUT2D eigenvalue weighted by Crippen LogP contribution is -2.38. The second-order valence-electron chi connectivity index (χ2n) is 4.82. The molecule has 0 spiro atoms. The molecule has 0 saturated carbocycles. The lowest BCUT2D eigenvalue weighted by Gasteiger charge is -2.06. The fraction of sp³-hybridized carbons (Fsp3) is 0.333. The van der Waals surface area contributed by atoms with E-state index in [4.69, 9.17) is 4.74 Å². The Morgan fingerprint density at radius 1 is 1.17 bits per heavy atom. The number of carbonyl (C=O) groups excluding carboxylic acids is 3. The number of para-hydroxylation sites is 1. The summed E-state index contributed by atoms with van der Waals surface area (Å²) in [6.07, 6.45) is 0.814. The largest absolute Gasteiger partial charge is 0.451 e. The van der Waals surface area contributed by atoms with Gasteiger partial charge in [-0.15, -0.1) is 0 Å². The number of nitrogens with one attached hydrogen (secondary N) is 3. The minimum Gasteiger partial charge on any atom is -0.451 e. The highest BCUT2D eigenvalue weighted by atomic mass is 16.5. The van der Waals surface area contributed by atoms with Crippen LogP contribution in [0.1, 0.15) is 23.8 Å². The van der Waals surface area contributed by atoms with Gasteiger partial charge in [-0.25, -0.2) is 4.79 Å². The van der Waals surface area contributed by atoms with Crippen molar-refractivity contribution in [3.63, 3.8) is 0 Å². The monoisotopic (exact) mass is 318 g/mol. The number of aromatic nitrogens is 2. The first-order valence-electron chi connectivity index (χ1n) is 7.25. The van der Waals surface area contributed by atoms with Gasteiger partial charge in [0.1, 0.15) is 0 Å². The molecule has 8 heteroatoms. The molecule has 23 heavy (non-hydrogen) atoms. The fourth-order valence-electron chi connectivity index (χ4n) is 1.88. The third-order valence-corrected chi connectivity index (χ3v) is 3.02. The zero-order valence-electron chi connectivity index (χ0n) is 12.7. The summed E-state index contributed by atoms with van der Waals surface area (Å²) < 4.78 is 4.90. The van der Waals surface area contributed by atoms with Crippen LogP contribution in [0.2, 0.25) is 0 Å². The number of ether oxygens (including phenoxy) is 1. The van der Waals surface area contributed by atoms with Gasteiger partial charge in [-0.05, 0) is 12.5 Å². The van der Waals surface area contributed by atoms with Crippen molar-refractivity contribution in [2.75, 3.05) is 19.7 Å². The molecule has 0 fully saturated rings. The van der Waals surface area contributed by atoms with E-state index < -0.39 is 18.5 Å². The maximum Gasteiger partial charge on any atom is 0.359 e. The molecule has 2 aromatic rings. The van der Waals surface area contributed by atoms with E-state index in [1.807, 2.05) is 13.0 Å². The molecule has 0 bridgehead atoms. The number of hydrogen-bond donors (Lipinski definition) is 3. The van der Waals surface area contributed by atoms with Crippen molar-refractivity contribution in [1.29, 1.82) is 0 Å². The smallest absolute Gasteiger partial charge is 0.359 e. The minimum absolute atomic E-state index is 0.120. The molecule has 2 amide bonds. The number of nitrogens with zero attached hydrogens (tertiary/aromatic N) is 1. The fourth-order valence-corrected chi connectivity index (χ4v) is 1.88. The number of rotatable bonds is 7. The standard InChI is InChI=1S/C15H18N4O4/c1-2-7-16-12(20)8-17-13(21)9-23-15(22)14-10-5-3-4-6-11(10)18-19-14/h3-6H,2,7-9H2,1H3,(H,16,20)(H,17,21)(H,18,19). The summed E-state index contributed by atoms with van der Waals surface area (Å²) in [5, 5.41) is 12.2. The summed E-state index contributed by atoms with van der Waals surface area (Å²) in [5.41, 5.74) is 0.825. The van der Waals surface area contributed by atoms with Crippen LogP contribution in [0.15, 0.2) is 24.3 Å². The Hall–Kier alpha value is -2.90. The molecule has 0 aliphatic heterocycles. The first-order valence-corrected chi connectivity index (χ1v) is 7.25. The predicted octanol–water partition coefficient (Wildman–Crippen LogP) is 0.362. The lowest BCUT2D eigenvalue weighted by molar-refractivity contribution is -0.127. The second kappa shape index (κ2) is 7.92. The topological polar surface area (TPSA) is 113 Å². The summed E-state index contributed by atoms with van der Waals surface area (Å²) in [5.74, 6) is -1.54. The third-order valence-electron chi connectivity index (χ3n) is 3.02. The Morgan fingerprint density at radius 3 is 2.74 bits per heavy atom. The maximum absolute atomic E-state index is 11.9. The quantitative estimate of drug-likeness (QED) is 0.638. The Bertz CT molecular complexity index is 710. The van der Waals surface area contributed by atoms with Crippen LogP contribution < -0.4 is 10.6 Å². The summed E-state index contributed by atoms with van der Waals surface area (Å²) in [6.45, 7) is 1.86. The zero-order chi connectivity index (χ0) is 16.7. The molecule has 0 atom stereocenters. The highest BCUT2D eigenvalue weighted by Gasteiger charge is 2.16. The van der Waals surface area contributed by atoms with Gasteiger partial charge in [0, 0.05) is 11.9 Å². The van der Waals surface area contributed by atoms with Gasteiger partial charge < -0.3 is 15.4 Å². The van der Waals surface area contributed by atoms with Gasteiger partial charge in [0.25, 0.3) is 5.91 Å². The summed E-state index contributed by atoms with van der Waals surface area (Å²) >= 11 is 0. The average Bonchev–Trinajstić information content (AvgIpc) is 3.00. The summed E-state index contributed by atoms with van der Waals surface area (Å²) in [6, 6.07) is 7.09. The van der Waals surface area contributed by atoms with Gasteiger partial charge >= 0.3 is 5.97 Å². The molecular weight excluding hydrogens is 300 g/mol. The van der Waals surface area contributed by atoms with Gasteiger partial charge in [-0.1, -0.05) is 25.1 Å². The molecule has 1 aromatic carbocycles. The molecular formula is C15H18N4O4. The Balaban J connectivity index is 1.80. The molecule has 1 aromatic heterocycles. The average molecular weight is 318 g/mol. The molecule has 2 rings (SSSR count). The van der Waals surface area contributed by atoms with E-state index in [0.29, 0.717) is 17.4 Å². The van der Waals surface area contributed by atoms with Crippen molar-refractivity contribution in [1.82, 2.24) is 20.8 Å². The minimum atomic E-state index is -0.701. The SMILES string of the molecule is CCCNC(=O)CNC(=O)COC(=O)c1n[nH]c2ccccc12. The molecule has 3 N–H and O–H groups in total. The number of hydrogen-bond acceptors (Lipinski definition) is 5. The molecule has 8 nitrogen and oxygen atoms in total. The van der Waals surface area contributed by atoms with Gasteiger partial charge in [0.05, 0.1) is 12.1 Å². The van der Waals surface area contributed by atoms with Gasteiger partial charge in [-0.2, -0.15) is 5.10 Å². The van der Waals surface area contributed by atoms with E-state index >= 15 is 0 Å². The van der Waals surface area contributed by atoms with Crippen molar-refractivity contribution in [2.24, 2.45) is 0 Å². The highest BCUT2D eigenvalue weighted by Crippen LogP contribution is 2.15. The van der Waals surface area contributed by atoms with E-state index in [9.17, 15) is 14.4 Å². The number of benzene rings is 1. The van der Waals surface area contributed by atoms with Crippen LogP contribution in [0.25, 0.3) is 10.9 Å². The zero-order valence-corrected chi connectivity index (χ0v) is 12.7. The maximum atomic E-state index is 11.9. The van der Waals surface area contributed by atoms with Crippen LogP contribution in [0.3, 0.4) is 0 Å². The predicted molar refractivity (Wildman–Crippen MR) is 82.7 cm³/mol. The summed E-state index contributed by atoms with van der Waals surface area (Å²) in [7, 11) is 0. The lowest BCUT2D eigenvalue weighted by atomic mass is 10.2. The van der Waals surface area contributed by atoms with Gasteiger partial charge in [0.15, 0.2) is 12.3 Å². The number of amides is 2. The van der Waals surface area contributed by atoms with Crippen molar-refractivity contribution in [3.8, 4) is 0 Å². The third kappa shape index (κ3) is 4.53. The van der Waals surface area contributed by atoms with Crippen LogP contribution in [0.4, 0.5) is 0 Å². The van der Waals surface area contributed by atoms with Crippen molar-refractivity contribution in [3.05, 3.63) is 30.0 Å². The first-order chi connectivity index (χ1) is 11.1.